The summed E-state index contributed by atoms with van der Waals surface area (Å²) in [5.41, 5.74) is 3.13. The van der Waals surface area contributed by atoms with Gasteiger partial charge in [0, 0.05) is 22.4 Å². The second-order valence-electron chi connectivity index (χ2n) is 5.65. The zero-order valence-corrected chi connectivity index (χ0v) is 14.2. The number of rotatable bonds is 5. The first-order valence-electron chi connectivity index (χ1n) is 8.11. The third-order valence-electron chi connectivity index (χ3n) is 3.90. The van der Waals surface area contributed by atoms with Crippen molar-refractivity contribution in [3.8, 4) is 5.75 Å². The highest BCUT2D eigenvalue weighted by Gasteiger charge is 2.25. The Morgan fingerprint density at radius 1 is 1.20 bits per heavy atom. The number of para-hydroxylation sites is 1. The summed E-state index contributed by atoms with van der Waals surface area (Å²) in [6, 6.07) is 12.6. The second kappa shape index (κ2) is 7.21. The van der Waals surface area contributed by atoms with E-state index in [9.17, 15) is 9.59 Å². The number of amides is 1. The van der Waals surface area contributed by atoms with E-state index in [0.29, 0.717) is 23.4 Å². The van der Waals surface area contributed by atoms with E-state index in [1.165, 1.54) is 7.11 Å². The number of hydrogen-bond donors (Lipinski definition) is 1. The summed E-state index contributed by atoms with van der Waals surface area (Å²) in [7, 11) is 1.33. The molecule has 2 aromatic rings. The number of benzene rings is 2. The Kier molecular flexibility index (Phi) is 4.84. The van der Waals surface area contributed by atoms with E-state index < -0.39 is 5.97 Å². The number of anilines is 1. The first-order valence-corrected chi connectivity index (χ1v) is 8.11. The van der Waals surface area contributed by atoms with Gasteiger partial charge in [-0.3, -0.25) is 4.79 Å². The number of carbonyl (C=O) groups is 2. The molecule has 0 aliphatic carbocycles. The summed E-state index contributed by atoms with van der Waals surface area (Å²) >= 11 is 0. The van der Waals surface area contributed by atoms with Gasteiger partial charge in [0.15, 0.2) is 0 Å². The van der Waals surface area contributed by atoms with Gasteiger partial charge in [0.1, 0.15) is 5.75 Å². The number of esters is 1. The topological polar surface area (TPSA) is 64.6 Å². The highest BCUT2D eigenvalue weighted by Crippen LogP contribution is 2.35. The molecule has 0 aromatic heterocycles. The molecule has 0 bridgehead atoms. The average molecular weight is 337 g/mol. The van der Waals surface area contributed by atoms with Gasteiger partial charge in [0.2, 0.25) is 0 Å². The van der Waals surface area contributed by atoms with Crippen molar-refractivity contribution in [1.82, 2.24) is 0 Å². The fraction of sp³-hybridized carbons (Fsp3) is 0.200. The van der Waals surface area contributed by atoms with Gasteiger partial charge >= 0.3 is 5.97 Å². The molecule has 1 N–H and O–H groups in total. The molecule has 0 spiro atoms. The molecule has 5 heteroatoms. The van der Waals surface area contributed by atoms with E-state index in [1.54, 1.807) is 18.2 Å². The van der Waals surface area contributed by atoms with Crippen LogP contribution >= 0.6 is 0 Å². The van der Waals surface area contributed by atoms with Gasteiger partial charge in [-0.25, -0.2) is 4.79 Å². The Balaban J connectivity index is 1.99. The lowest BCUT2D eigenvalue weighted by molar-refractivity contribution is -0.110. The summed E-state index contributed by atoms with van der Waals surface area (Å²) in [4.78, 5) is 24.0. The molecule has 3 rings (SSSR count). The van der Waals surface area contributed by atoms with Crippen LogP contribution in [0.15, 0.2) is 42.5 Å². The van der Waals surface area contributed by atoms with Crippen LogP contribution in [0.25, 0.3) is 11.6 Å². The minimum atomic E-state index is -0.437. The van der Waals surface area contributed by atoms with Crippen LogP contribution in [0.5, 0.6) is 5.75 Å². The highest BCUT2D eigenvalue weighted by atomic mass is 16.5. The summed E-state index contributed by atoms with van der Waals surface area (Å²) in [5, 5.41) is 2.79. The Labute approximate surface area is 146 Å². The van der Waals surface area contributed by atoms with E-state index in [0.717, 1.165) is 23.3 Å². The van der Waals surface area contributed by atoms with Crippen molar-refractivity contribution >= 4 is 29.2 Å². The largest absolute Gasteiger partial charge is 0.493 e. The molecule has 5 nitrogen and oxygen atoms in total. The van der Waals surface area contributed by atoms with Crippen LogP contribution < -0.4 is 10.1 Å². The third-order valence-corrected chi connectivity index (χ3v) is 3.90. The van der Waals surface area contributed by atoms with Crippen molar-refractivity contribution in [3.63, 3.8) is 0 Å². The Hall–Kier alpha value is -3.08. The molecule has 1 aliphatic rings. The lowest BCUT2D eigenvalue weighted by atomic mass is 10.0. The monoisotopic (exact) mass is 337 g/mol. The minimum Gasteiger partial charge on any atom is -0.493 e. The second-order valence-corrected chi connectivity index (χ2v) is 5.65. The van der Waals surface area contributed by atoms with E-state index in [2.05, 4.69) is 5.32 Å². The fourth-order valence-electron chi connectivity index (χ4n) is 2.68. The first kappa shape index (κ1) is 16.8. The molecule has 0 unspecified atom stereocenters. The molecule has 0 saturated carbocycles. The summed E-state index contributed by atoms with van der Waals surface area (Å²) in [6.07, 6.45) is 2.72. The van der Waals surface area contributed by atoms with Crippen LogP contribution in [0.4, 0.5) is 5.69 Å². The van der Waals surface area contributed by atoms with Gasteiger partial charge in [-0.15, -0.1) is 0 Å². The number of methoxy groups -OCH3 is 1. The van der Waals surface area contributed by atoms with Crippen molar-refractivity contribution in [2.24, 2.45) is 0 Å². The zero-order valence-electron chi connectivity index (χ0n) is 14.2. The van der Waals surface area contributed by atoms with E-state index in [4.69, 9.17) is 9.47 Å². The van der Waals surface area contributed by atoms with Crippen LogP contribution in [0, 0.1) is 0 Å². The van der Waals surface area contributed by atoms with Crippen molar-refractivity contribution < 1.29 is 19.1 Å². The van der Waals surface area contributed by atoms with Crippen LogP contribution in [0.3, 0.4) is 0 Å². The molecular formula is C20H19NO4. The highest BCUT2D eigenvalue weighted by molar-refractivity contribution is 6.35. The lowest BCUT2D eigenvalue weighted by Crippen LogP contribution is -2.04. The molecule has 128 valence electrons. The van der Waals surface area contributed by atoms with Crippen LogP contribution in [-0.2, 0) is 9.53 Å². The Morgan fingerprint density at radius 3 is 2.76 bits per heavy atom. The van der Waals surface area contributed by atoms with Gasteiger partial charge in [0.05, 0.1) is 19.3 Å². The lowest BCUT2D eigenvalue weighted by Gasteiger charge is -2.08. The van der Waals surface area contributed by atoms with Crippen molar-refractivity contribution in [3.05, 3.63) is 59.2 Å². The number of ether oxygens (including phenoxy) is 2. The number of hydrogen-bond acceptors (Lipinski definition) is 4. The fourth-order valence-corrected chi connectivity index (χ4v) is 2.68. The van der Waals surface area contributed by atoms with E-state index >= 15 is 0 Å². The molecule has 0 saturated heterocycles. The van der Waals surface area contributed by atoms with Gasteiger partial charge in [-0.1, -0.05) is 31.2 Å². The Morgan fingerprint density at radius 2 is 2.00 bits per heavy atom. The first-order chi connectivity index (χ1) is 12.1. The summed E-state index contributed by atoms with van der Waals surface area (Å²) < 4.78 is 10.5. The SMILES string of the molecule is CCCOc1ccccc1/C=C1/C(=O)Nc2cc(C(=O)OC)ccc21. The number of fused-ring (bicyclic) bond motifs is 1. The van der Waals surface area contributed by atoms with Crippen molar-refractivity contribution in [2.45, 2.75) is 13.3 Å². The maximum absolute atomic E-state index is 12.4. The van der Waals surface area contributed by atoms with Crippen molar-refractivity contribution in [1.29, 1.82) is 0 Å². The predicted molar refractivity (Wildman–Crippen MR) is 96.5 cm³/mol. The van der Waals surface area contributed by atoms with Gasteiger partial charge in [-0.05, 0) is 30.7 Å². The molecule has 0 fully saturated rings. The maximum Gasteiger partial charge on any atom is 0.337 e. The maximum atomic E-state index is 12.4. The quantitative estimate of drug-likeness (QED) is 0.666. The van der Waals surface area contributed by atoms with Crippen LogP contribution in [0.1, 0.15) is 34.8 Å². The normalized spacial score (nSPS) is 14.2. The molecule has 2 aromatic carbocycles. The average Bonchev–Trinajstić information content (AvgIpc) is 2.95. The van der Waals surface area contributed by atoms with Crippen LogP contribution in [-0.4, -0.2) is 25.6 Å². The standard InChI is InChI=1S/C20H19NO4/c1-3-10-25-18-7-5-4-6-13(18)11-16-15-9-8-14(20(23)24-2)12-17(15)21-19(16)22/h4-9,11-12H,3,10H2,1-2H3,(H,21,22)/b16-11+. The molecule has 0 radical (unpaired) electrons. The molecule has 1 heterocycles. The smallest absolute Gasteiger partial charge is 0.337 e. The van der Waals surface area contributed by atoms with Crippen molar-refractivity contribution in [2.75, 3.05) is 19.0 Å². The predicted octanol–water partition coefficient (Wildman–Crippen LogP) is 3.75. The van der Waals surface area contributed by atoms with Crippen LogP contribution in [0.2, 0.25) is 0 Å². The zero-order chi connectivity index (χ0) is 17.8. The summed E-state index contributed by atoms with van der Waals surface area (Å²) in [6.45, 7) is 2.66. The molecule has 1 aliphatic heterocycles. The molecule has 25 heavy (non-hydrogen) atoms. The van der Waals surface area contributed by atoms with Gasteiger partial charge in [-0.2, -0.15) is 0 Å². The molecular weight excluding hydrogens is 318 g/mol. The van der Waals surface area contributed by atoms with E-state index in [1.807, 2.05) is 37.3 Å². The number of nitrogens with one attached hydrogen (secondary N) is 1. The number of carbonyl (C=O) groups excluding carboxylic acids is 2. The molecule has 1 amide bonds. The minimum absolute atomic E-state index is 0.206. The van der Waals surface area contributed by atoms with E-state index in [-0.39, 0.29) is 5.91 Å². The summed E-state index contributed by atoms with van der Waals surface area (Å²) in [5.74, 6) is 0.0966. The third kappa shape index (κ3) is 3.40. The van der Waals surface area contributed by atoms with Gasteiger partial charge < -0.3 is 14.8 Å². The molecule has 0 atom stereocenters. The van der Waals surface area contributed by atoms with Gasteiger partial charge in [0.25, 0.3) is 5.91 Å². The Bertz CT molecular complexity index is 855.